The molecular weight excluding hydrogens is 542 g/mol. The van der Waals surface area contributed by atoms with Crippen LogP contribution in [0.15, 0.2) is 53.5 Å². The molecule has 0 unspecified atom stereocenters. The van der Waals surface area contributed by atoms with Crippen LogP contribution >= 0.6 is 11.6 Å². The molecule has 2 aliphatic rings. The molecule has 218 valence electrons. The van der Waals surface area contributed by atoms with Gasteiger partial charge in [-0.3, -0.25) is 24.6 Å². The Hall–Kier alpha value is -3.40. The third kappa shape index (κ3) is 7.87. The summed E-state index contributed by atoms with van der Waals surface area (Å²) >= 11 is 5.95. The first-order valence-electron chi connectivity index (χ1n) is 14.3. The van der Waals surface area contributed by atoms with Crippen molar-refractivity contribution in [2.45, 2.75) is 57.4 Å². The molecule has 1 heterocycles. The van der Waals surface area contributed by atoms with Gasteiger partial charge in [-0.25, -0.2) is 10.0 Å². The van der Waals surface area contributed by atoms with Gasteiger partial charge in [0.05, 0.1) is 23.6 Å². The van der Waals surface area contributed by atoms with E-state index < -0.39 is 17.4 Å². The second-order valence-corrected chi connectivity index (χ2v) is 11.4. The van der Waals surface area contributed by atoms with Crippen LogP contribution in [0.2, 0.25) is 5.02 Å². The minimum atomic E-state index is -0.704. The average molecular weight is 580 g/mol. The lowest BCUT2D eigenvalue weighted by atomic mass is 9.63. The number of carbonyl (C=O) groups excluding carboxylic acids is 4. The van der Waals surface area contributed by atoms with E-state index in [-0.39, 0.29) is 35.4 Å². The minimum Gasteiger partial charge on any atom is -0.351 e. The Morgan fingerprint density at radius 3 is 2.41 bits per heavy atom. The summed E-state index contributed by atoms with van der Waals surface area (Å²) in [5.74, 6) is -0.560. The predicted molar refractivity (Wildman–Crippen MR) is 159 cm³/mol. The zero-order valence-electron chi connectivity index (χ0n) is 23.2. The van der Waals surface area contributed by atoms with Crippen LogP contribution in [0.3, 0.4) is 0 Å². The maximum atomic E-state index is 13.7. The molecule has 41 heavy (non-hydrogen) atoms. The van der Waals surface area contributed by atoms with Crippen molar-refractivity contribution in [1.29, 1.82) is 0 Å². The number of hydrazine groups is 1. The number of piperidine rings is 1. The normalized spacial score (nSPS) is 18.5. The molecule has 4 rings (SSSR count). The van der Waals surface area contributed by atoms with Crippen molar-refractivity contribution in [3.05, 3.63) is 70.2 Å². The van der Waals surface area contributed by atoms with Gasteiger partial charge in [-0.05, 0) is 61.8 Å². The van der Waals surface area contributed by atoms with Crippen LogP contribution in [-0.4, -0.2) is 60.9 Å². The van der Waals surface area contributed by atoms with Gasteiger partial charge in [0.15, 0.2) is 6.29 Å². The molecule has 0 spiro atoms. The van der Waals surface area contributed by atoms with E-state index in [0.717, 1.165) is 31.2 Å². The van der Waals surface area contributed by atoms with E-state index >= 15 is 0 Å². The van der Waals surface area contributed by atoms with E-state index in [1.807, 2.05) is 17.1 Å². The number of carbonyl (C=O) groups is 4. The average Bonchev–Trinajstić information content (AvgIpc) is 3.01. The molecule has 3 amide bonds. The fraction of sp³-hybridized carbons (Fsp3) is 0.452. The molecule has 1 saturated heterocycles. The van der Waals surface area contributed by atoms with Gasteiger partial charge in [0.25, 0.3) is 11.8 Å². The number of aliphatic imine (C=N–C) groups is 1. The second-order valence-electron chi connectivity index (χ2n) is 10.9. The molecule has 1 aliphatic carbocycles. The van der Waals surface area contributed by atoms with Gasteiger partial charge in [0.2, 0.25) is 5.91 Å². The standard InChI is InChI=1S/C31H38ClN5O4/c32-25-12-10-22(11-13-25)20-27(33)29(40)36-37-18-14-31(15-19-37,24-7-2-1-3-8-24)30(41)35-17-16-34-28(39)26-9-5-4-6-23(26)21-38/h4-6,9-13,16,21,24,27H,1-3,7-8,14-15,17-20,33H2,(H,35,41)(H,36,40)/t27-/m1/s1. The molecule has 1 saturated carbocycles. The van der Waals surface area contributed by atoms with E-state index in [1.165, 1.54) is 12.6 Å². The monoisotopic (exact) mass is 579 g/mol. The summed E-state index contributed by atoms with van der Waals surface area (Å²) in [7, 11) is 0. The molecule has 0 bridgehead atoms. The molecule has 2 aromatic carbocycles. The summed E-state index contributed by atoms with van der Waals surface area (Å²) in [6.07, 6.45) is 9.01. The molecule has 2 fully saturated rings. The van der Waals surface area contributed by atoms with Gasteiger partial charge in [0, 0.05) is 29.9 Å². The van der Waals surface area contributed by atoms with Crippen LogP contribution in [0.5, 0.6) is 0 Å². The Labute approximate surface area is 245 Å². The lowest BCUT2D eigenvalue weighted by Crippen LogP contribution is -2.58. The summed E-state index contributed by atoms with van der Waals surface area (Å²) in [4.78, 5) is 54.1. The molecule has 4 N–H and O–H groups in total. The largest absolute Gasteiger partial charge is 0.351 e. The van der Waals surface area contributed by atoms with Crippen LogP contribution < -0.4 is 16.5 Å². The third-order valence-electron chi connectivity index (χ3n) is 8.35. The van der Waals surface area contributed by atoms with E-state index in [4.69, 9.17) is 17.3 Å². The van der Waals surface area contributed by atoms with Crippen LogP contribution in [-0.2, 0) is 16.0 Å². The lowest BCUT2D eigenvalue weighted by Gasteiger charge is -2.46. The van der Waals surface area contributed by atoms with Gasteiger partial charge >= 0.3 is 0 Å². The van der Waals surface area contributed by atoms with Crippen molar-refractivity contribution in [3.63, 3.8) is 0 Å². The fourth-order valence-electron chi connectivity index (χ4n) is 6.01. The van der Waals surface area contributed by atoms with Crippen molar-refractivity contribution in [1.82, 2.24) is 15.8 Å². The van der Waals surface area contributed by atoms with Crippen molar-refractivity contribution in [3.8, 4) is 0 Å². The third-order valence-corrected chi connectivity index (χ3v) is 8.60. The van der Waals surface area contributed by atoms with E-state index in [1.54, 1.807) is 36.4 Å². The van der Waals surface area contributed by atoms with Gasteiger partial charge in [-0.2, -0.15) is 0 Å². The highest BCUT2D eigenvalue weighted by atomic mass is 35.5. The van der Waals surface area contributed by atoms with Crippen molar-refractivity contribution >= 4 is 41.8 Å². The zero-order chi connectivity index (χ0) is 29.2. The first-order chi connectivity index (χ1) is 19.8. The number of nitrogens with two attached hydrogens (primary N) is 1. The Morgan fingerprint density at radius 2 is 1.73 bits per heavy atom. The first-order valence-corrected chi connectivity index (χ1v) is 14.6. The molecule has 2 aromatic rings. The highest BCUT2D eigenvalue weighted by Gasteiger charge is 2.47. The number of amides is 3. The minimum absolute atomic E-state index is 0.0398. The summed E-state index contributed by atoms with van der Waals surface area (Å²) in [5, 5.41) is 5.48. The molecule has 9 nitrogen and oxygen atoms in total. The van der Waals surface area contributed by atoms with Crippen LogP contribution in [0.25, 0.3) is 0 Å². The number of rotatable bonds is 10. The van der Waals surface area contributed by atoms with E-state index in [0.29, 0.717) is 43.7 Å². The number of nitrogens with one attached hydrogen (secondary N) is 2. The summed E-state index contributed by atoms with van der Waals surface area (Å²) in [6, 6.07) is 13.0. The van der Waals surface area contributed by atoms with Gasteiger partial charge in [-0.15, -0.1) is 0 Å². The topological polar surface area (TPSA) is 134 Å². The lowest BCUT2D eigenvalue weighted by molar-refractivity contribution is -0.141. The first kappa shape index (κ1) is 30.6. The van der Waals surface area contributed by atoms with Crippen molar-refractivity contribution < 1.29 is 19.2 Å². The molecule has 0 aromatic heterocycles. The molecule has 1 atom stereocenters. The zero-order valence-corrected chi connectivity index (χ0v) is 23.9. The predicted octanol–water partition coefficient (Wildman–Crippen LogP) is 3.74. The molecular formula is C31H38ClN5O4. The number of halogens is 1. The maximum Gasteiger partial charge on any atom is 0.277 e. The highest BCUT2D eigenvalue weighted by molar-refractivity contribution is 6.30. The summed E-state index contributed by atoms with van der Waals surface area (Å²) in [5.41, 5.74) is 10.0. The van der Waals surface area contributed by atoms with Gasteiger partial charge in [-0.1, -0.05) is 61.2 Å². The number of aldehydes is 1. The summed E-state index contributed by atoms with van der Waals surface area (Å²) in [6.45, 7) is 1.19. The molecule has 1 aliphatic heterocycles. The Kier molecular flexibility index (Phi) is 10.8. The highest BCUT2D eigenvalue weighted by Crippen LogP contribution is 2.45. The number of hydrogen-bond acceptors (Lipinski definition) is 6. The Balaban J connectivity index is 1.33. The Morgan fingerprint density at radius 1 is 1.05 bits per heavy atom. The molecule has 0 radical (unpaired) electrons. The van der Waals surface area contributed by atoms with Crippen LogP contribution in [0, 0.1) is 11.3 Å². The van der Waals surface area contributed by atoms with E-state index in [2.05, 4.69) is 15.7 Å². The smallest absolute Gasteiger partial charge is 0.277 e. The second kappa shape index (κ2) is 14.5. The maximum absolute atomic E-state index is 13.7. The van der Waals surface area contributed by atoms with Gasteiger partial charge < -0.3 is 11.1 Å². The van der Waals surface area contributed by atoms with Crippen LogP contribution in [0.4, 0.5) is 0 Å². The number of nitrogens with zero attached hydrogens (tertiary/aromatic N) is 2. The van der Waals surface area contributed by atoms with Crippen molar-refractivity contribution in [2.75, 3.05) is 19.6 Å². The fourth-order valence-corrected chi connectivity index (χ4v) is 6.13. The summed E-state index contributed by atoms with van der Waals surface area (Å²) < 4.78 is 0. The molecule has 10 heteroatoms. The van der Waals surface area contributed by atoms with E-state index in [9.17, 15) is 19.2 Å². The SMILES string of the molecule is N[C@H](Cc1ccc(Cl)cc1)C(=O)NN1CCC(C(=O)NCC=NC(=O)c2ccccc2C=O)(C2CCCCC2)CC1. The Bertz CT molecular complexity index is 1250. The van der Waals surface area contributed by atoms with Crippen LogP contribution in [0.1, 0.15) is 71.2 Å². The number of hydrogen-bond donors (Lipinski definition) is 3. The van der Waals surface area contributed by atoms with Gasteiger partial charge in [0.1, 0.15) is 0 Å². The quantitative estimate of drug-likeness (QED) is 0.290. The number of benzene rings is 2. The van der Waals surface area contributed by atoms with Crippen molar-refractivity contribution in [2.24, 2.45) is 22.1 Å².